The third-order valence-electron chi connectivity index (χ3n) is 2.14. The van der Waals surface area contributed by atoms with Crippen LogP contribution >= 0.6 is 11.3 Å². The van der Waals surface area contributed by atoms with Crippen LogP contribution in [0.25, 0.3) is 0 Å². The van der Waals surface area contributed by atoms with Crippen molar-refractivity contribution >= 4 is 17.6 Å². The molecule has 2 aromatic heterocycles. The van der Waals surface area contributed by atoms with Gasteiger partial charge in [0, 0.05) is 11.9 Å². The van der Waals surface area contributed by atoms with Gasteiger partial charge in [-0.3, -0.25) is 9.69 Å². The fraction of sp³-hybridized carbons (Fsp3) is 0.273. The highest BCUT2D eigenvalue weighted by Gasteiger charge is 2.06. The lowest BCUT2D eigenvalue weighted by Gasteiger charge is -2.12. The van der Waals surface area contributed by atoms with Crippen LogP contribution in [-0.4, -0.2) is 23.2 Å². The van der Waals surface area contributed by atoms with Gasteiger partial charge in [0.15, 0.2) is 12.0 Å². The van der Waals surface area contributed by atoms with Crippen LogP contribution in [0, 0.1) is 0 Å². The highest BCUT2D eigenvalue weighted by atomic mass is 32.1. The Hall–Kier alpha value is -1.46. The molecule has 4 nitrogen and oxygen atoms in total. The minimum atomic E-state index is 0.372. The summed E-state index contributed by atoms with van der Waals surface area (Å²) in [5.74, 6) is 1.16. The zero-order chi connectivity index (χ0) is 11.4. The van der Waals surface area contributed by atoms with Gasteiger partial charge in [0.25, 0.3) is 0 Å². The molecule has 0 spiro atoms. The summed E-state index contributed by atoms with van der Waals surface area (Å²) in [7, 11) is 1.99. The molecule has 0 aliphatic carbocycles. The monoisotopic (exact) mass is 236 g/mol. The Kier molecular flexibility index (Phi) is 3.48. The zero-order valence-electron chi connectivity index (χ0n) is 8.92. The Morgan fingerprint density at radius 3 is 3.00 bits per heavy atom. The van der Waals surface area contributed by atoms with Crippen molar-refractivity contribution in [2.45, 2.75) is 13.1 Å². The molecule has 5 heteroatoms. The molecule has 0 aromatic carbocycles. The summed E-state index contributed by atoms with van der Waals surface area (Å²) in [4.78, 5) is 16.7. The van der Waals surface area contributed by atoms with E-state index in [0.29, 0.717) is 18.6 Å². The molecule has 0 saturated carbocycles. The summed E-state index contributed by atoms with van der Waals surface area (Å²) in [6.45, 7) is 1.45. The molecule has 0 aliphatic heterocycles. The van der Waals surface area contributed by atoms with E-state index in [1.54, 1.807) is 17.4 Å². The molecule has 0 fully saturated rings. The highest BCUT2D eigenvalue weighted by Crippen LogP contribution is 2.10. The van der Waals surface area contributed by atoms with E-state index in [1.807, 2.05) is 24.0 Å². The normalized spacial score (nSPS) is 10.9. The molecular weight excluding hydrogens is 224 g/mol. The minimum Gasteiger partial charge on any atom is -0.457 e. The number of nitrogens with zero attached hydrogens (tertiary/aromatic N) is 2. The number of aromatic nitrogens is 1. The molecule has 0 saturated heterocycles. The van der Waals surface area contributed by atoms with Crippen molar-refractivity contribution in [3.8, 4) is 0 Å². The number of hydrogen-bond donors (Lipinski definition) is 0. The first-order valence-electron chi connectivity index (χ1n) is 4.87. The Bertz CT molecular complexity index is 450. The summed E-state index contributed by atoms with van der Waals surface area (Å²) in [6, 6.07) is 3.50. The average molecular weight is 236 g/mol. The summed E-state index contributed by atoms with van der Waals surface area (Å²) < 4.78 is 5.30. The maximum Gasteiger partial charge on any atom is 0.185 e. The number of carbonyl (C=O) groups is 1. The molecule has 0 atom stereocenters. The standard InChI is InChI=1S/C11H12N2O2S/c1-13(4-9-7-16-8-12-9)5-10-2-3-11(6-14)15-10/h2-3,6-8H,4-5H2,1H3. The van der Waals surface area contributed by atoms with Gasteiger partial charge in [0.05, 0.1) is 17.7 Å². The van der Waals surface area contributed by atoms with Crippen LogP contribution in [0.15, 0.2) is 27.4 Å². The van der Waals surface area contributed by atoms with Crippen molar-refractivity contribution in [1.82, 2.24) is 9.88 Å². The molecule has 84 valence electrons. The third-order valence-corrected chi connectivity index (χ3v) is 2.78. The molecule has 2 heterocycles. The van der Waals surface area contributed by atoms with E-state index < -0.39 is 0 Å². The largest absolute Gasteiger partial charge is 0.457 e. The van der Waals surface area contributed by atoms with E-state index in [4.69, 9.17) is 4.42 Å². The number of hydrogen-bond acceptors (Lipinski definition) is 5. The van der Waals surface area contributed by atoms with Crippen LogP contribution in [0.5, 0.6) is 0 Å². The van der Waals surface area contributed by atoms with E-state index in [9.17, 15) is 4.79 Å². The third kappa shape index (κ3) is 2.77. The van der Waals surface area contributed by atoms with E-state index in [0.717, 1.165) is 18.0 Å². The van der Waals surface area contributed by atoms with Crippen LogP contribution in [-0.2, 0) is 13.1 Å². The molecule has 0 aliphatic rings. The van der Waals surface area contributed by atoms with Crippen LogP contribution in [0.3, 0.4) is 0 Å². The highest BCUT2D eigenvalue weighted by molar-refractivity contribution is 7.07. The second-order valence-electron chi connectivity index (χ2n) is 3.57. The van der Waals surface area contributed by atoms with Gasteiger partial charge in [0.2, 0.25) is 0 Å². The van der Waals surface area contributed by atoms with Crippen molar-refractivity contribution in [3.63, 3.8) is 0 Å². The van der Waals surface area contributed by atoms with Crippen LogP contribution in [0.4, 0.5) is 0 Å². The Labute approximate surface area is 97.5 Å². The summed E-state index contributed by atoms with van der Waals surface area (Å²) in [5.41, 5.74) is 2.87. The summed E-state index contributed by atoms with van der Waals surface area (Å²) in [5, 5.41) is 2.02. The Balaban J connectivity index is 1.91. The molecule has 2 rings (SSSR count). The van der Waals surface area contributed by atoms with Gasteiger partial charge in [-0.25, -0.2) is 4.98 Å². The summed E-state index contributed by atoms with van der Waals surface area (Å²) >= 11 is 1.59. The van der Waals surface area contributed by atoms with Crippen molar-refractivity contribution in [3.05, 3.63) is 40.2 Å². The first kappa shape index (κ1) is 11.0. The fourth-order valence-electron chi connectivity index (χ4n) is 1.46. The lowest BCUT2D eigenvalue weighted by Crippen LogP contribution is -2.16. The number of carbonyl (C=O) groups excluding carboxylic acids is 1. The number of furan rings is 1. The number of rotatable bonds is 5. The van der Waals surface area contributed by atoms with E-state index in [1.165, 1.54) is 0 Å². The van der Waals surface area contributed by atoms with Crippen molar-refractivity contribution < 1.29 is 9.21 Å². The maximum atomic E-state index is 10.4. The van der Waals surface area contributed by atoms with E-state index >= 15 is 0 Å². The lowest BCUT2D eigenvalue weighted by molar-refractivity contribution is 0.109. The maximum absolute atomic E-state index is 10.4. The van der Waals surface area contributed by atoms with Crippen LogP contribution in [0.1, 0.15) is 22.0 Å². The van der Waals surface area contributed by atoms with Crippen molar-refractivity contribution in [2.75, 3.05) is 7.05 Å². The van der Waals surface area contributed by atoms with Gasteiger partial charge < -0.3 is 4.42 Å². The predicted octanol–water partition coefficient (Wildman–Crippen LogP) is 2.18. The molecule has 0 unspecified atom stereocenters. The second kappa shape index (κ2) is 5.05. The van der Waals surface area contributed by atoms with Gasteiger partial charge in [-0.2, -0.15) is 0 Å². The topological polar surface area (TPSA) is 46.3 Å². The lowest BCUT2D eigenvalue weighted by atomic mass is 10.4. The summed E-state index contributed by atoms with van der Waals surface area (Å²) in [6.07, 6.45) is 0.712. The molecule has 0 N–H and O–H groups in total. The van der Waals surface area contributed by atoms with Gasteiger partial charge in [-0.05, 0) is 19.2 Å². The van der Waals surface area contributed by atoms with Gasteiger partial charge in [0.1, 0.15) is 5.76 Å². The zero-order valence-corrected chi connectivity index (χ0v) is 9.74. The Morgan fingerprint density at radius 2 is 2.38 bits per heavy atom. The van der Waals surface area contributed by atoms with Crippen LogP contribution < -0.4 is 0 Å². The van der Waals surface area contributed by atoms with Gasteiger partial charge in [-0.1, -0.05) is 0 Å². The first-order chi connectivity index (χ1) is 7.78. The minimum absolute atomic E-state index is 0.372. The van der Waals surface area contributed by atoms with Crippen LogP contribution in [0.2, 0.25) is 0 Å². The average Bonchev–Trinajstić information content (AvgIpc) is 2.89. The quantitative estimate of drug-likeness (QED) is 0.746. The number of aldehydes is 1. The number of thiazole rings is 1. The molecular formula is C11H12N2O2S. The molecule has 16 heavy (non-hydrogen) atoms. The molecule has 0 radical (unpaired) electrons. The smallest absolute Gasteiger partial charge is 0.185 e. The molecule has 0 amide bonds. The predicted molar refractivity (Wildman–Crippen MR) is 61.4 cm³/mol. The van der Waals surface area contributed by atoms with Crippen molar-refractivity contribution in [1.29, 1.82) is 0 Å². The second-order valence-corrected chi connectivity index (χ2v) is 4.29. The van der Waals surface area contributed by atoms with Gasteiger partial charge >= 0.3 is 0 Å². The molecule has 0 bridgehead atoms. The van der Waals surface area contributed by atoms with E-state index in [-0.39, 0.29) is 0 Å². The van der Waals surface area contributed by atoms with E-state index in [2.05, 4.69) is 9.88 Å². The molecule has 2 aromatic rings. The van der Waals surface area contributed by atoms with Gasteiger partial charge in [-0.15, -0.1) is 11.3 Å². The Morgan fingerprint density at radius 1 is 1.50 bits per heavy atom. The fourth-order valence-corrected chi connectivity index (χ4v) is 2.01. The van der Waals surface area contributed by atoms with Crippen molar-refractivity contribution in [2.24, 2.45) is 0 Å². The SMILES string of the molecule is CN(Cc1cscn1)Cc1ccc(C=O)o1. The first-order valence-corrected chi connectivity index (χ1v) is 5.81.